The third kappa shape index (κ3) is 2.92. The largest absolute Gasteiger partial charge is 0.390 e. The summed E-state index contributed by atoms with van der Waals surface area (Å²) in [4.78, 5) is 14.8. The van der Waals surface area contributed by atoms with Crippen LogP contribution in [0.5, 0.6) is 0 Å². The highest BCUT2D eigenvalue weighted by atomic mass is 35.5. The van der Waals surface area contributed by atoms with Crippen LogP contribution in [0.3, 0.4) is 0 Å². The van der Waals surface area contributed by atoms with Crippen molar-refractivity contribution in [3.05, 3.63) is 34.9 Å². The predicted octanol–water partition coefficient (Wildman–Crippen LogP) is 3.03. The zero-order chi connectivity index (χ0) is 18.8. The van der Waals surface area contributed by atoms with Crippen molar-refractivity contribution < 1.29 is 15.0 Å². The van der Waals surface area contributed by atoms with E-state index in [0.29, 0.717) is 37.3 Å². The minimum absolute atomic E-state index is 0.119. The summed E-state index contributed by atoms with van der Waals surface area (Å²) < 4.78 is 0. The number of hydrogen-bond donors (Lipinski definition) is 2. The van der Waals surface area contributed by atoms with Crippen LogP contribution in [-0.4, -0.2) is 45.8 Å². The number of halogens is 1. The zero-order valence-corrected chi connectivity index (χ0v) is 16.4. The number of benzene rings is 1. The second-order valence-electron chi connectivity index (χ2n) is 9.70. The molecule has 27 heavy (non-hydrogen) atoms. The van der Waals surface area contributed by atoms with Crippen LogP contribution in [0.2, 0.25) is 5.02 Å². The summed E-state index contributed by atoms with van der Waals surface area (Å²) in [6.07, 6.45) is 5.79. The van der Waals surface area contributed by atoms with Gasteiger partial charge in [-0.3, -0.25) is 4.79 Å². The Hall–Kier alpha value is -1.10. The molecule has 2 atom stereocenters. The van der Waals surface area contributed by atoms with E-state index in [2.05, 4.69) is 6.07 Å². The molecule has 0 aromatic heterocycles. The Morgan fingerprint density at radius 2 is 1.81 bits per heavy atom. The van der Waals surface area contributed by atoms with Crippen LogP contribution in [0.25, 0.3) is 0 Å². The molecule has 1 aliphatic heterocycles. The standard InChI is InChI=1S/C22H28ClNO3/c23-19-4-2-1-3-15(19)8-22(11-20(26)24-12-18(25)13-24)16-5-14-6-17(22)10-21(27,7-14)9-16/h1-4,14,16-18,25,27H,5-13H2/t14?,16?,17?,21-,22-. The molecule has 4 nitrogen and oxygen atoms in total. The van der Waals surface area contributed by atoms with Gasteiger partial charge in [-0.05, 0) is 73.3 Å². The summed E-state index contributed by atoms with van der Waals surface area (Å²) in [5, 5.41) is 21.4. The Bertz CT molecular complexity index is 744. The number of nitrogens with zero attached hydrogens (tertiary/aromatic N) is 1. The number of aliphatic hydroxyl groups is 2. The smallest absolute Gasteiger partial charge is 0.223 e. The number of carbonyl (C=O) groups is 1. The van der Waals surface area contributed by atoms with Crippen LogP contribution in [0.15, 0.2) is 24.3 Å². The van der Waals surface area contributed by atoms with Crippen molar-refractivity contribution in [2.75, 3.05) is 13.1 Å². The number of β-amino-alcohol motifs (C(OH)–C–C–N with tert-alkyl or cyclic N) is 1. The molecule has 4 saturated carbocycles. The van der Waals surface area contributed by atoms with Gasteiger partial charge in [-0.1, -0.05) is 29.8 Å². The normalized spacial score (nSPS) is 40.3. The molecule has 5 aliphatic rings. The van der Waals surface area contributed by atoms with Crippen molar-refractivity contribution in [3.63, 3.8) is 0 Å². The summed E-state index contributed by atoms with van der Waals surface area (Å²) in [5.74, 6) is 1.51. The summed E-state index contributed by atoms with van der Waals surface area (Å²) >= 11 is 6.51. The first-order valence-corrected chi connectivity index (χ1v) is 10.7. The molecule has 0 radical (unpaired) electrons. The lowest BCUT2D eigenvalue weighted by Crippen LogP contribution is -2.62. The van der Waals surface area contributed by atoms with E-state index in [4.69, 9.17) is 11.6 Å². The Balaban J connectivity index is 1.48. The molecule has 1 amide bonds. The Morgan fingerprint density at radius 3 is 2.41 bits per heavy atom. The second kappa shape index (κ2) is 6.20. The summed E-state index contributed by atoms with van der Waals surface area (Å²) in [7, 11) is 0. The monoisotopic (exact) mass is 389 g/mol. The average molecular weight is 390 g/mol. The molecule has 4 bridgehead atoms. The lowest BCUT2D eigenvalue weighted by Gasteiger charge is -2.64. The molecule has 1 heterocycles. The maximum atomic E-state index is 13.0. The van der Waals surface area contributed by atoms with E-state index >= 15 is 0 Å². The molecule has 2 unspecified atom stereocenters. The van der Waals surface area contributed by atoms with Crippen LogP contribution in [0.4, 0.5) is 0 Å². The summed E-state index contributed by atoms with van der Waals surface area (Å²) in [5.41, 5.74) is 0.484. The van der Waals surface area contributed by atoms with Crippen molar-refractivity contribution in [2.45, 2.75) is 56.7 Å². The highest BCUT2D eigenvalue weighted by molar-refractivity contribution is 6.31. The third-order valence-corrected chi connectivity index (χ3v) is 8.32. The summed E-state index contributed by atoms with van der Waals surface area (Å²) in [6.45, 7) is 0.922. The second-order valence-corrected chi connectivity index (χ2v) is 10.1. The van der Waals surface area contributed by atoms with Gasteiger partial charge in [0, 0.05) is 24.5 Å². The Kier molecular flexibility index (Phi) is 4.12. The molecule has 5 fully saturated rings. The fraction of sp³-hybridized carbons (Fsp3) is 0.682. The number of likely N-dealkylation sites (tertiary alicyclic amines) is 1. The molecule has 1 saturated heterocycles. The van der Waals surface area contributed by atoms with Crippen molar-refractivity contribution in [1.82, 2.24) is 4.90 Å². The maximum absolute atomic E-state index is 13.0. The van der Waals surface area contributed by atoms with Gasteiger partial charge in [0.2, 0.25) is 5.91 Å². The van der Waals surface area contributed by atoms with Crippen LogP contribution in [0, 0.1) is 23.2 Å². The third-order valence-electron chi connectivity index (χ3n) is 7.96. The number of rotatable bonds is 4. The first kappa shape index (κ1) is 18.0. The molecule has 1 aromatic rings. The molecule has 146 valence electrons. The molecule has 2 N–H and O–H groups in total. The van der Waals surface area contributed by atoms with Crippen LogP contribution >= 0.6 is 11.6 Å². The van der Waals surface area contributed by atoms with Gasteiger partial charge in [-0.25, -0.2) is 0 Å². The van der Waals surface area contributed by atoms with E-state index in [1.54, 1.807) is 4.90 Å². The predicted molar refractivity (Wildman–Crippen MR) is 103 cm³/mol. The SMILES string of the molecule is O=C(C[C@]1(Cc2ccccc2Cl)C2CC3CC1C[C@@](O)(C3)C2)N1CC(O)C1. The van der Waals surface area contributed by atoms with E-state index < -0.39 is 5.60 Å². The van der Waals surface area contributed by atoms with Gasteiger partial charge in [0.1, 0.15) is 0 Å². The molecule has 0 spiro atoms. The van der Waals surface area contributed by atoms with Gasteiger partial charge in [0.05, 0.1) is 11.7 Å². The van der Waals surface area contributed by atoms with Crippen molar-refractivity contribution >= 4 is 17.5 Å². The van der Waals surface area contributed by atoms with Gasteiger partial charge in [-0.2, -0.15) is 0 Å². The highest BCUT2D eigenvalue weighted by Crippen LogP contribution is 2.66. The van der Waals surface area contributed by atoms with Gasteiger partial charge < -0.3 is 15.1 Å². The van der Waals surface area contributed by atoms with Crippen LogP contribution in [-0.2, 0) is 11.2 Å². The highest BCUT2D eigenvalue weighted by Gasteiger charge is 2.62. The van der Waals surface area contributed by atoms with Gasteiger partial charge in [-0.15, -0.1) is 0 Å². The van der Waals surface area contributed by atoms with Gasteiger partial charge >= 0.3 is 0 Å². The van der Waals surface area contributed by atoms with Crippen molar-refractivity contribution in [3.8, 4) is 0 Å². The van der Waals surface area contributed by atoms with E-state index in [-0.39, 0.29) is 17.4 Å². The lowest BCUT2D eigenvalue weighted by molar-refractivity contribution is -0.198. The summed E-state index contributed by atoms with van der Waals surface area (Å²) in [6, 6.07) is 7.99. The minimum atomic E-state index is -0.517. The molecular formula is C22H28ClNO3. The van der Waals surface area contributed by atoms with Gasteiger partial charge in [0.25, 0.3) is 0 Å². The van der Waals surface area contributed by atoms with E-state index in [0.717, 1.165) is 49.1 Å². The Labute approximate surface area is 165 Å². The first-order valence-electron chi connectivity index (χ1n) is 10.3. The van der Waals surface area contributed by atoms with Crippen LogP contribution < -0.4 is 0 Å². The fourth-order valence-corrected chi connectivity index (χ4v) is 7.04. The number of carbonyl (C=O) groups excluding carboxylic acids is 1. The Morgan fingerprint density at radius 1 is 1.15 bits per heavy atom. The first-order chi connectivity index (χ1) is 12.9. The fourth-order valence-electron chi connectivity index (χ4n) is 6.84. The van der Waals surface area contributed by atoms with Gasteiger partial charge in [0.15, 0.2) is 0 Å². The molecule has 5 heteroatoms. The van der Waals surface area contributed by atoms with Crippen LogP contribution in [0.1, 0.15) is 44.1 Å². The molecule has 6 rings (SSSR count). The number of aliphatic hydroxyl groups excluding tert-OH is 1. The minimum Gasteiger partial charge on any atom is -0.390 e. The topological polar surface area (TPSA) is 60.8 Å². The van der Waals surface area contributed by atoms with E-state index in [9.17, 15) is 15.0 Å². The molecular weight excluding hydrogens is 362 g/mol. The van der Waals surface area contributed by atoms with Crippen molar-refractivity contribution in [1.29, 1.82) is 0 Å². The number of amides is 1. The van der Waals surface area contributed by atoms with E-state index in [1.165, 1.54) is 0 Å². The maximum Gasteiger partial charge on any atom is 0.223 e. The zero-order valence-electron chi connectivity index (χ0n) is 15.6. The quantitative estimate of drug-likeness (QED) is 0.832. The molecule has 4 aliphatic carbocycles. The number of hydrogen-bond acceptors (Lipinski definition) is 3. The molecule has 1 aromatic carbocycles. The lowest BCUT2D eigenvalue weighted by atomic mass is 9.42. The van der Waals surface area contributed by atoms with Crippen molar-refractivity contribution in [2.24, 2.45) is 23.2 Å². The average Bonchev–Trinajstić information content (AvgIpc) is 2.57. The van der Waals surface area contributed by atoms with E-state index in [1.807, 2.05) is 18.2 Å².